The number of para-hydroxylation sites is 1. The molecule has 0 aliphatic carbocycles. The lowest BCUT2D eigenvalue weighted by Gasteiger charge is -2.44. The maximum atomic E-state index is 14.1. The van der Waals surface area contributed by atoms with Gasteiger partial charge in [0.2, 0.25) is 11.8 Å². The average Bonchev–Trinajstić information content (AvgIpc) is 3.34. The molecule has 3 aliphatic heterocycles. The molecular formula is C27H24BrN3O4S. The van der Waals surface area contributed by atoms with E-state index in [1.807, 2.05) is 42.5 Å². The molecule has 0 saturated carbocycles. The minimum Gasteiger partial charge on any atom is -0.332 e. The Balaban J connectivity index is 1.49. The van der Waals surface area contributed by atoms with E-state index in [-0.39, 0.29) is 23.1 Å². The maximum Gasteiger partial charge on any atom is 0.266 e. The quantitative estimate of drug-likeness (QED) is 0.453. The molecule has 0 spiro atoms. The fraction of sp³-hybridized carbons (Fsp3) is 0.259. The van der Waals surface area contributed by atoms with Gasteiger partial charge in [0.25, 0.3) is 10.0 Å². The molecule has 0 N–H and O–H groups in total. The Morgan fingerprint density at radius 3 is 2.19 bits per heavy atom. The number of piperazine rings is 1. The van der Waals surface area contributed by atoms with Gasteiger partial charge < -0.3 is 9.80 Å². The topological polar surface area (TPSA) is 78.0 Å². The zero-order chi connectivity index (χ0) is 25.2. The first-order valence-corrected chi connectivity index (χ1v) is 14.0. The zero-order valence-corrected chi connectivity index (χ0v) is 21.9. The number of carbonyl (C=O) groups excluding carboxylic acids is 2. The fourth-order valence-corrected chi connectivity index (χ4v) is 8.70. The fourth-order valence-electron chi connectivity index (χ4n) is 5.81. The summed E-state index contributed by atoms with van der Waals surface area (Å²) in [7, 11) is -2.38. The van der Waals surface area contributed by atoms with Gasteiger partial charge in [0, 0.05) is 19.9 Å². The van der Waals surface area contributed by atoms with Crippen molar-refractivity contribution in [2.75, 3.05) is 11.4 Å². The van der Waals surface area contributed by atoms with Crippen LogP contribution in [0.2, 0.25) is 0 Å². The van der Waals surface area contributed by atoms with Crippen molar-refractivity contribution in [3.8, 4) is 0 Å². The highest BCUT2D eigenvalue weighted by molar-refractivity contribution is 9.09. The number of benzene rings is 3. The predicted octanol–water partition coefficient (Wildman–Crippen LogP) is 3.50. The van der Waals surface area contributed by atoms with Crippen LogP contribution in [-0.2, 0) is 30.4 Å². The number of halogens is 1. The van der Waals surface area contributed by atoms with E-state index in [9.17, 15) is 18.0 Å². The van der Waals surface area contributed by atoms with Crippen molar-refractivity contribution < 1.29 is 18.0 Å². The number of sulfonamides is 1. The smallest absolute Gasteiger partial charge is 0.266 e. The van der Waals surface area contributed by atoms with E-state index in [1.54, 1.807) is 49.5 Å². The monoisotopic (exact) mass is 565 g/mol. The molecule has 6 rings (SSSR count). The van der Waals surface area contributed by atoms with E-state index in [1.165, 1.54) is 14.1 Å². The Bertz CT molecular complexity index is 1470. The SMILES string of the molecule is CN1C(=O)[C@@H]2C[C@@]3(Br)c4ccccc4N(S(=O)(=O)c4ccccc4)[C@H]3N2C(=O)[C@@H]1Cc1ccccc1. The highest BCUT2D eigenvalue weighted by Gasteiger charge is 2.67. The van der Waals surface area contributed by atoms with Crippen LogP contribution < -0.4 is 4.31 Å². The second kappa shape index (κ2) is 8.18. The van der Waals surface area contributed by atoms with Gasteiger partial charge in [0.15, 0.2) is 0 Å². The van der Waals surface area contributed by atoms with Crippen molar-refractivity contribution in [1.82, 2.24) is 9.80 Å². The molecule has 9 heteroatoms. The average molecular weight is 566 g/mol. The summed E-state index contributed by atoms with van der Waals surface area (Å²) in [5.74, 6) is -0.434. The molecule has 7 nitrogen and oxygen atoms in total. The molecular weight excluding hydrogens is 542 g/mol. The largest absolute Gasteiger partial charge is 0.332 e. The normalized spacial score (nSPS) is 27.2. The summed E-state index contributed by atoms with van der Waals surface area (Å²) in [4.78, 5) is 30.9. The van der Waals surface area contributed by atoms with Crippen molar-refractivity contribution in [1.29, 1.82) is 0 Å². The number of anilines is 1. The Hall–Kier alpha value is -3.17. The molecule has 0 bridgehead atoms. The van der Waals surface area contributed by atoms with Crippen molar-refractivity contribution in [3.63, 3.8) is 0 Å². The van der Waals surface area contributed by atoms with E-state index in [2.05, 4.69) is 15.9 Å². The van der Waals surface area contributed by atoms with Gasteiger partial charge >= 0.3 is 0 Å². The van der Waals surface area contributed by atoms with E-state index < -0.39 is 32.6 Å². The van der Waals surface area contributed by atoms with Crippen LogP contribution in [0, 0.1) is 0 Å². The number of hydrogen-bond acceptors (Lipinski definition) is 4. The number of fused-ring (bicyclic) bond motifs is 5. The molecule has 0 unspecified atom stereocenters. The first-order valence-electron chi connectivity index (χ1n) is 11.8. The zero-order valence-electron chi connectivity index (χ0n) is 19.5. The van der Waals surface area contributed by atoms with Crippen molar-refractivity contribution in [3.05, 3.63) is 96.1 Å². The molecule has 2 saturated heterocycles. The molecule has 3 aromatic carbocycles. The van der Waals surface area contributed by atoms with Crippen molar-refractivity contribution in [2.45, 2.75) is 40.3 Å². The van der Waals surface area contributed by atoms with Crippen molar-refractivity contribution >= 4 is 43.5 Å². The first-order chi connectivity index (χ1) is 17.2. The number of alkyl halides is 1. The molecule has 3 aromatic rings. The summed E-state index contributed by atoms with van der Waals surface area (Å²) in [5.41, 5.74) is 2.20. The molecule has 3 aliphatic rings. The Labute approximate surface area is 218 Å². The van der Waals surface area contributed by atoms with Crippen LogP contribution >= 0.6 is 15.9 Å². The highest BCUT2D eigenvalue weighted by Crippen LogP contribution is 2.60. The molecule has 2 amide bonds. The lowest BCUT2D eigenvalue weighted by molar-refractivity contribution is -0.159. The van der Waals surface area contributed by atoms with Crippen molar-refractivity contribution in [2.24, 2.45) is 0 Å². The second-order valence-electron chi connectivity index (χ2n) is 9.49. The third kappa shape index (κ3) is 3.18. The third-order valence-electron chi connectivity index (χ3n) is 7.52. The Morgan fingerprint density at radius 2 is 1.50 bits per heavy atom. The van der Waals surface area contributed by atoms with Gasteiger partial charge in [-0.25, -0.2) is 12.7 Å². The number of hydrogen-bond donors (Lipinski definition) is 0. The van der Waals surface area contributed by atoms with Gasteiger partial charge in [-0.1, -0.05) is 82.7 Å². The number of carbonyl (C=O) groups is 2. The molecule has 4 atom stereocenters. The van der Waals surface area contributed by atoms with Crippen LogP contribution in [-0.4, -0.2) is 55.3 Å². The van der Waals surface area contributed by atoms with Crippen LogP contribution in [0.3, 0.4) is 0 Å². The summed E-state index contributed by atoms with van der Waals surface area (Å²) in [5, 5.41) is 0. The van der Waals surface area contributed by atoms with Gasteiger partial charge in [0.05, 0.1) is 14.9 Å². The van der Waals surface area contributed by atoms with E-state index in [4.69, 9.17) is 0 Å². The van der Waals surface area contributed by atoms with Crippen LogP contribution in [0.1, 0.15) is 17.5 Å². The lowest BCUT2D eigenvalue weighted by Crippen LogP contribution is -2.66. The molecule has 2 fully saturated rings. The number of rotatable bonds is 4. The number of nitrogens with zero attached hydrogens (tertiary/aromatic N) is 3. The Morgan fingerprint density at radius 1 is 0.889 bits per heavy atom. The predicted molar refractivity (Wildman–Crippen MR) is 139 cm³/mol. The summed E-state index contributed by atoms with van der Waals surface area (Å²) < 4.78 is 28.5. The lowest BCUT2D eigenvalue weighted by atomic mass is 9.95. The Kier molecular flexibility index (Phi) is 5.28. The van der Waals surface area contributed by atoms with Crippen LogP contribution in [0.4, 0.5) is 5.69 Å². The van der Waals surface area contributed by atoms with Gasteiger partial charge in [-0.2, -0.15) is 0 Å². The summed E-state index contributed by atoms with van der Waals surface area (Å²) >= 11 is 3.86. The minimum absolute atomic E-state index is 0.133. The van der Waals surface area contributed by atoms with E-state index in [0.29, 0.717) is 12.1 Å². The van der Waals surface area contributed by atoms with Gasteiger partial charge in [-0.05, 0) is 29.3 Å². The third-order valence-corrected chi connectivity index (χ3v) is 10.5. The van der Waals surface area contributed by atoms with Crippen LogP contribution in [0.15, 0.2) is 89.8 Å². The first kappa shape index (κ1) is 23.2. The minimum atomic E-state index is -4.04. The van der Waals surface area contributed by atoms with Crippen LogP contribution in [0.5, 0.6) is 0 Å². The number of likely N-dealkylation sites (N-methyl/N-ethyl adjacent to an activating group) is 1. The highest BCUT2D eigenvalue weighted by atomic mass is 79.9. The van der Waals surface area contributed by atoms with Crippen LogP contribution in [0.25, 0.3) is 0 Å². The van der Waals surface area contributed by atoms with Gasteiger partial charge in [-0.15, -0.1) is 0 Å². The van der Waals surface area contributed by atoms with Gasteiger partial charge in [0.1, 0.15) is 18.2 Å². The summed E-state index contributed by atoms with van der Waals surface area (Å²) in [6, 6.07) is 23.5. The molecule has 184 valence electrons. The van der Waals surface area contributed by atoms with E-state index >= 15 is 0 Å². The maximum absolute atomic E-state index is 14.1. The molecule has 0 radical (unpaired) electrons. The second-order valence-corrected chi connectivity index (χ2v) is 12.7. The summed E-state index contributed by atoms with van der Waals surface area (Å²) in [6.45, 7) is 0. The molecule has 3 heterocycles. The molecule has 36 heavy (non-hydrogen) atoms. The number of amides is 2. The summed E-state index contributed by atoms with van der Waals surface area (Å²) in [6.07, 6.45) is -0.276. The standard InChI is InChI=1S/C27H24BrN3O4S/c1-29-22(16-18-10-4-2-5-11-18)25(33)30-23(24(29)32)17-27(28)20-14-8-9-15-21(20)31(26(27)30)36(34,35)19-12-6-3-7-13-19/h2-15,22-23,26H,16-17H2,1H3/t22-,23-,26+,27+/m0/s1. The van der Waals surface area contributed by atoms with Gasteiger partial charge in [-0.3, -0.25) is 9.59 Å². The van der Waals surface area contributed by atoms with E-state index in [0.717, 1.165) is 11.1 Å². The molecule has 0 aromatic heterocycles.